The van der Waals surface area contributed by atoms with Crippen molar-refractivity contribution in [2.75, 3.05) is 18.4 Å². The van der Waals surface area contributed by atoms with Gasteiger partial charge in [-0.05, 0) is 48.7 Å². The number of anilines is 1. The number of nitrogens with zero attached hydrogens (tertiary/aromatic N) is 1. The molecule has 0 saturated carbocycles. The van der Waals surface area contributed by atoms with Crippen molar-refractivity contribution in [3.63, 3.8) is 0 Å². The Kier molecular flexibility index (Phi) is 7.61. The lowest BCUT2D eigenvalue weighted by Crippen LogP contribution is -2.41. The minimum absolute atomic E-state index is 0.103. The van der Waals surface area contributed by atoms with Crippen molar-refractivity contribution in [1.29, 1.82) is 0 Å². The standard InChI is InChI=1S/C20H25FN4O/c1-3-15-6-5-7-18(12-15)25-19(26)14-24-20(22-4-2)23-13-16-8-10-17(21)11-9-16/h5-12H,3-4,13-14H2,1-2H3,(H,25,26)(H2,22,23,24). The highest BCUT2D eigenvalue weighted by Gasteiger charge is 2.05. The fourth-order valence-electron chi connectivity index (χ4n) is 2.34. The van der Waals surface area contributed by atoms with E-state index in [-0.39, 0.29) is 18.3 Å². The first-order chi connectivity index (χ1) is 12.6. The largest absolute Gasteiger partial charge is 0.357 e. The zero-order valence-electron chi connectivity index (χ0n) is 15.2. The van der Waals surface area contributed by atoms with Gasteiger partial charge in [-0.2, -0.15) is 0 Å². The van der Waals surface area contributed by atoms with Crippen molar-refractivity contribution in [3.8, 4) is 0 Å². The van der Waals surface area contributed by atoms with Crippen LogP contribution < -0.4 is 16.0 Å². The number of rotatable bonds is 7. The molecule has 2 aromatic rings. The third-order valence-corrected chi connectivity index (χ3v) is 3.71. The number of aliphatic imine (C=N–C) groups is 1. The summed E-state index contributed by atoms with van der Waals surface area (Å²) in [7, 11) is 0. The monoisotopic (exact) mass is 356 g/mol. The zero-order valence-corrected chi connectivity index (χ0v) is 15.2. The van der Waals surface area contributed by atoms with Crippen LogP contribution in [0, 0.1) is 5.82 Å². The summed E-state index contributed by atoms with van der Waals surface area (Å²) in [5.74, 6) is 0.117. The molecule has 0 bridgehead atoms. The highest BCUT2D eigenvalue weighted by Crippen LogP contribution is 2.10. The lowest BCUT2D eigenvalue weighted by atomic mass is 10.1. The summed E-state index contributed by atoms with van der Waals surface area (Å²) in [5, 5.41) is 8.96. The zero-order chi connectivity index (χ0) is 18.8. The third kappa shape index (κ3) is 6.55. The first kappa shape index (κ1) is 19.4. The Bertz CT molecular complexity index is 744. The molecule has 0 aliphatic carbocycles. The lowest BCUT2D eigenvalue weighted by Gasteiger charge is -2.12. The Labute approximate surface area is 153 Å². The summed E-state index contributed by atoms with van der Waals surface area (Å²) in [6.45, 7) is 5.20. The van der Waals surface area contributed by atoms with Crippen LogP contribution in [0.5, 0.6) is 0 Å². The van der Waals surface area contributed by atoms with Crippen LogP contribution in [0.4, 0.5) is 10.1 Å². The molecular weight excluding hydrogens is 331 g/mol. The van der Waals surface area contributed by atoms with Gasteiger partial charge in [0.15, 0.2) is 5.96 Å². The number of carbonyl (C=O) groups excluding carboxylic acids is 1. The summed E-state index contributed by atoms with van der Waals surface area (Å²) in [5.41, 5.74) is 2.85. The molecule has 0 spiro atoms. The summed E-state index contributed by atoms with van der Waals surface area (Å²) in [4.78, 5) is 16.5. The van der Waals surface area contributed by atoms with E-state index in [2.05, 4.69) is 27.9 Å². The predicted octanol–water partition coefficient (Wildman–Crippen LogP) is 3.08. The molecule has 0 aliphatic heterocycles. The fraction of sp³-hybridized carbons (Fsp3) is 0.300. The highest BCUT2D eigenvalue weighted by atomic mass is 19.1. The van der Waals surface area contributed by atoms with E-state index in [0.29, 0.717) is 19.0 Å². The number of halogens is 1. The van der Waals surface area contributed by atoms with E-state index >= 15 is 0 Å². The van der Waals surface area contributed by atoms with E-state index in [1.54, 1.807) is 12.1 Å². The second kappa shape index (κ2) is 10.2. The Morgan fingerprint density at radius 1 is 1.04 bits per heavy atom. The van der Waals surface area contributed by atoms with Crippen molar-refractivity contribution < 1.29 is 9.18 Å². The molecule has 5 nitrogen and oxygen atoms in total. The summed E-state index contributed by atoms with van der Waals surface area (Å²) < 4.78 is 12.9. The molecule has 3 N–H and O–H groups in total. The minimum Gasteiger partial charge on any atom is -0.357 e. The van der Waals surface area contributed by atoms with E-state index in [1.165, 1.54) is 17.7 Å². The number of guanidine groups is 1. The summed E-state index contributed by atoms with van der Waals surface area (Å²) in [6.07, 6.45) is 0.919. The molecule has 0 saturated heterocycles. The van der Waals surface area contributed by atoms with Gasteiger partial charge >= 0.3 is 0 Å². The molecule has 0 atom stereocenters. The number of amides is 1. The van der Waals surface area contributed by atoms with Crippen molar-refractivity contribution >= 4 is 17.6 Å². The summed E-state index contributed by atoms with van der Waals surface area (Å²) >= 11 is 0. The molecule has 2 rings (SSSR count). The number of carbonyl (C=O) groups is 1. The maximum Gasteiger partial charge on any atom is 0.243 e. The van der Waals surface area contributed by atoms with Gasteiger partial charge in [0, 0.05) is 12.2 Å². The first-order valence-electron chi connectivity index (χ1n) is 8.76. The van der Waals surface area contributed by atoms with Crippen LogP contribution in [-0.4, -0.2) is 25.0 Å². The van der Waals surface area contributed by atoms with Gasteiger partial charge in [0.2, 0.25) is 5.91 Å². The predicted molar refractivity (Wildman–Crippen MR) is 104 cm³/mol. The molecule has 0 fully saturated rings. The Morgan fingerprint density at radius 3 is 2.50 bits per heavy atom. The highest BCUT2D eigenvalue weighted by molar-refractivity contribution is 5.95. The molecular formula is C20H25FN4O. The van der Waals surface area contributed by atoms with E-state index in [1.807, 2.05) is 31.2 Å². The van der Waals surface area contributed by atoms with Gasteiger partial charge in [-0.3, -0.25) is 4.79 Å². The smallest absolute Gasteiger partial charge is 0.243 e. The maximum atomic E-state index is 12.9. The molecule has 0 heterocycles. The van der Waals surface area contributed by atoms with Gasteiger partial charge in [-0.1, -0.05) is 31.2 Å². The van der Waals surface area contributed by atoms with Gasteiger partial charge in [0.05, 0.1) is 13.1 Å². The number of benzene rings is 2. The van der Waals surface area contributed by atoms with Gasteiger partial charge in [-0.25, -0.2) is 9.38 Å². The maximum absolute atomic E-state index is 12.9. The Morgan fingerprint density at radius 2 is 1.81 bits per heavy atom. The molecule has 138 valence electrons. The molecule has 0 aliphatic rings. The van der Waals surface area contributed by atoms with E-state index in [4.69, 9.17) is 0 Å². The average Bonchev–Trinajstić information content (AvgIpc) is 2.65. The van der Waals surface area contributed by atoms with Crippen LogP contribution in [0.1, 0.15) is 25.0 Å². The number of hydrogen-bond acceptors (Lipinski definition) is 2. The third-order valence-electron chi connectivity index (χ3n) is 3.71. The minimum atomic E-state index is -0.272. The Hall–Kier alpha value is -2.89. The quantitative estimate of drug-likeness (QED) is 0.528. The second-order valence-corrected chi connectivity index (χ2v) is 5.78. The normalized spacial score (nSPS) is 11.1. The first-order valence-corrected chi connectivity index (χ1v) is 8.76. The van der Waals surface area contributed by atoms with E-state index in [9.17, 15) is 9.18 Å². The number of aryl methyl sites for hydroxylation is 1. The molecule has 0 radical (unpaired) electrons. The van der Waals surface area contributed by atoms with Crippen molar-refractivity contribution in [1.82, 2.24) is 10.6 Å². The van der Waals surface area contributed by atoms with Crippen LogP contribution >= 0.6 is 0 Å². The van der Waals surface area contributed by atoms with Crippen LogP contribution in [0.25, 0.3) is 0 Å². The van der Waals surface area contributed by atoms with Crippen LogP contribution in [0.15, 0.2) is 53.5 Å². The van der Waals surface area contributed by atoms with Crippen molar-refractivity contribution in [2.24, 2.45) is 4.99 Å². The molecule has 6 heteroatoms. The van der Waals surface area contributed by atoms with Crippen LogP contribution in [-0.2, 0) is 17.8 Å². The van der Waals surface area contributed by atoms with Crippen molar-refractivity contribution in [3.05, 3.63) is 65.5 Å². The fourth-order valence-corrected chi connectivity index (χ4v) is 2.34. The average molecular weight is 356 g/mol. The second-order valence-electron chi connectivity index (χ2n) is 5.78. The van der Waals surface area contributed by atoms with E-state index < -0.39 is 0 Å². The molecule has 0 unspecified atom stereocenters. The number of nitrogens with one attached hydrogen (secondary N) is 3. The SMILES string of the molecule is CCNC(=NCc1ccc(F)cc1)NCC(=O)Nc1cccc(CC)c1. The molecule has 1 amide bonds. The number of hydrogen-bond donors (Lipinski definition) is 3. The van der Waals surface area contributed by atoms with Crippen LogP contribution in [0.2, 0.25) is 0 Å². The van der Waals surface area contributed by atoms with Crippen LogP contribution in [0.3, 0.4) is 0 Å². The lowest BCUT2D eigenvalue weighted by molar-refractivity contribution is -0.115. The summed E-state index contributed by atoms with van der Waals surface area (Å²) in [6, 6.07) is 14.0. The van der Waals surface area contributed by atoms with Gasteiger partial charge in [-0.15, -0.1) is 0 Å². The molecule has 26 heavy (non-hydrogen) atoms. The molecule has 2 aromatic carbocycles. The van der Waals surface area contributed by atoms with Gasteiger partial charge < -0.3 is 16.0 Å². The van der Waals surface area contributed by atoms with Crippen molar-refractivity contribution in [2.45, 2.75) is 26.8 Å². The van der Waals surface area contributed by atoms with Gasteiger partial charge in [0.25, 0.3) is 0 Å². The Balaban J connectivity index is 1.89. The van der Waals surface area contributed by atoms with E-state index in [0.717, 1.165) is 17.7 Å². The van der Waals surface area contributed by atoms with Gasteiger partial charge in [0.1, 0.15) is 5.82 Å². The molecule has 0 aromatic heterocycles. The topological polar surface area (TPSA) is 65.5 Å².